The Hall–Kier alpha value is -3.33. The summed E-state index contributed by atoms with van der Waals surface area (Å²) in [6.45, 7) is 9.84. The summed E-state index contributed by atoms with van der Waals surface area (Å²) in [6.07, 6.45) is 2.17. The van der Waals surface area contributed by atoms with Crippen molar-refractivity contribution in [3.63, 3.8) is 0 Å². The zero-order chi connectivity index (χ0) is 25.5. The summed E-state index contributed by atoms with van der Waals surface area (Å²) in [5, 5.41) is 15.1. The van der Waals surface area contributed by atoms with Crippen LogP contribution >= 0.6 is 0 Å². The van der Waals surface area contributed by atoms with Gasteiger partial charge in [0.1, 0.15) is 5.75 Å². The van der Waals surface area contributed by atoms with Gasteiger partial charge in [0.15, 0.2) is 0 Å². The molecule has 0 aliphatic heterocycles. The molecule has 0 saturated heterocycles. The summed E-state index contributed by atoms with van der Waals surface area (Å²) in [5.74, 6) is -0.189. The van der Waals surface area contributed by atoms with Gasteiger partial charge in [0.25, 0.3) is 11.8 Å². The summed E-state index contributed by atoms with van der Waals surface area (Å²) in [6, 6.07) is 9.85. The van der Waals surface area contributed by atoms with Crippen LogP contribution in [-0.2, 0) is 0 Å². The van der Waals surface area contributed by atoms with Crippen molar-refractivity contribution in [3.8, 4) is 5.75 Å². The molecule has 2 rings (SSSR count). The molecular formula is C25H34BN4O4. The lowest BCUT2D eigenvalue weighted by Crippen LogP contribution is -2.56. The molecule has 34 heavy (non-hydrogen) atoms. The predicted molar refractivity (Wildman–Crippen MR) is 136 cm³/mol. The molecule has 0 saturated carbocycles. The van der Waals surface area contributed by atoms with Crippen molar-refractivity contribution >= 4 is 31.0 Å². The Labute approximate surface area is 202 Å². The van der Waals surface area contributed by atoms with Crippen LogP contribution in [0.25, 0.3) is 0 Å². The predicted octanol–water partition coefficient (Wildman–Crippen LogP) is 2.41. The molecule has 3 N–H and O–H groups in total. The number of hydrogen-bond donors (Lipinski definition) is 3. The first-order valence-corrected chi connectivity index (χ1v) is 11.2. The average Bonchev–Trinajstić information content (AvgIpc) is 2.81. The van der Waals surface area contributed by atoms with Crippen LogP contribution < -0.4 is 21.1 Å². The molecular weight excluding hydrogens is 431 g/mol. The molecule has 9 heteroatoms. The Kier molecular flexibility index (Phi) is 9.26. The zero-order valence-corrected chi connectivity index (χ0v) is 21.0. The molecule has 0 bridgehead atoms. The molecule has 0 aromatic heterocycles. The van der Waals surface area contributed by atoms with Crippen LogP contribution in [0.1, 0.15) is 66.0 Å². The minimum Gasteiger partial charge on any atom is -0.496 e. The molecule has 0 fully saturated rings. The number of methoxy groups -OCH3 is 1. The van der Waals surface area contributed by atoms with Gasteiger partial charge in [-0.2, -0.15) is 5.10 Å². The highest BCUT2D eigenvalue weighted by atomic mass is 16.5. The number of hydrazine groups is 1. The number of hydrazone groups is 1. The van der Waals surface area contributed by atoms with Crippen LogP contribution in [0.5, 0.6) is 5.75 Å². The number of nitrogens with one attached hydrogen (secondary N) is 2. The van der Waals surface area contributed by atoms with E-state index in [2.05, 4.69) is 16.0 Å². The Bertz CT molecular complexity index is 1050. The zero-order valence-electron chi connectivity index (χ0n) is 21.0. The molecule has 2 amide bonds. The van der Waals surface area contributed by atoms with Gasteiger partial charge < -0.3 is 15.2 Å². The number of nitrogens with zero attached hydrogens (tertiary/aromatic N) is 2. The Morgan fingerprint density at radius 2 is 1.97 bits per heavy atom. The van der Waals surface area contributed by atoms with E-state index in [0.717, 1.165) is 7.48 Å². The first-order chi connectivity index (χ1) is 16.1. The SMILES string of the molecule is CC[C@@H](N(NC(=O)c1cccc(OC)c1C)C(=O)c1ccc(/C=N\NC)c([B]O)c1)C(C)(C)C. The third kappa shape index (κ3) is 6.17. The lowest BCUT2D eigenvalue weighted by molar-refractivity contribution is 0.0284. The highest BCUT2D eigenvalue weighted by Crippen LogP contribution is 2.28. The summed E-state index contributed by atoms with van der Waals surface area (Å²) >= 11 is 0. The van der Waals surface area contributed by atoms with Crippen molar-refractivity contribution in [3.05, 3.63) is 58.7 Å². The molecule has 8 nitrogen and oxygen atoms in total. The summed E-state index contributed by atoms with van der Waals surface area (Å²) in [4.78, 5) is 27.0. The van der Waals surface area contributed by atoms with Crippen LogP contribution in [0.4, 0.5) is 0 Å². The molecule has 0 aliphatic rings. The molecule has 0 aliphatic carbocycles. The van der Waals surface area contributed by atoms with Crippen molar-refractivity contribution in [1.82, 2.24) is 15.9 Å². The number of rotatable bonds is 8. The van der Waals surface area contributed by atoms with Gasteiger partial charge in [0.2, 0.25) is 0 Å². The van der Waals surface area contributed by atoms with E-state index in [4.69, 9.17) is 4.74 Å². The van der Waals surface area contributed by atoms with Crippen molar-refractivity contribution in [2.75, 3.05) is 14.2 Å². The smallest absolute Gasteiger partial charge is 0.327 e. The van der Waals surface area contributed by atoms with Gasteiger partial charge in [-0.3, -0.25) is 15.0 Å². The van der Waals surface area contributed by atoms with E-state index in [1.54, 1.807) is 63.7 Å². The van der Waals surface area contributed by atoms with Crippen molar-refractivity contribution < 1.29 is 19.3 Å². The Balaban J connectivity index is 2.50. The van der Waals surface area contributed by atoms with E-state index in [9.17, 15) is 14.6 Å². The first kappa shape index (κ1) is 26.9. The minimum atomic E-state index is -0.404. The number of ether oxygens (including phenoxy) is 1. The summed E-state index contributed by atoms with van der Waals surface area (Å²) in [7, 11) is 4.14. The molecule has 181 valence electrons. The van der Waals surface area contributed by atoms with E-state index in [1.165, 1.54) is 5.01 Å². The largest absolute Gasteiger partial charge is 0.496 e. The summed E-state index contributed by atoms with van der Waals surface area (Å²) in [5.41, 5.74) is 7.69. The third-order valence-electron chi connectivity index (χ3n) is 5.69. The topological polar surface area (TPSA) is 103 Å². The van der Waals surface area contributed by atoms with Crippen molar-refractivity contribution in [2.45, 2.75) is 47.1 Å². The summed E-state index contributed by atoms with van der Waals surface area (Å²) < 4.78 is 5.34. The first-order valence-electron chi connectivity index (χ1n) is 11.2. The van der Waals surface area contributed by atoms with E-state index in [1.807, 2.05) is 27.7 Å². The van der Waals surface area contributed by atoms with Gasteiger partial charge >= 0.3 is 7.48 Å². The average molecular weight is 465 g/mol. The van der Waals surface area contributed by atoms with Crippen LogP contribution in [0.2, 0.25) is 0 Å². The van der Waals surface area contributed by atoms with Gasteiger partial charge in [0.05, 0.1) is 19.4 Å². The lowest BCUT2D eigenvalue weighted by Gasteiger charge is -2.39. The molecule has 0 unspecified atom stereocenters. The van der Waals surface area contributed by atoms with Crippen LogP contribution in [-0.4, -0.2) is 55.7 Å². The van der Waals surface area contributed by atoms with E-state index in [-0.39, 0.29) is 17.4 Å². The maximum Gasteiger partial charge on any atom is 0.327 e. The number of carbonyl (C=O) groups excluding carboxylic acids is 2. The fourth-order valence-electron chi connectivity index (χ4n) is 3.91. The Morgan fingerprint density at radius 1 is 1.26 bits per heavy atom. The van der Waals surface area contributed by atoms with Gasteiger partial charge in [-0.05, 0) is 48.0 Å². The quantitative estimate of drug-likeness (QED) is 0.316. The van der Waals surface area contributed by atoms with Gasteiger partial charge in [-0.25, -0.2) is 5.01 Å². The van der Waals surface area contributed by atoms with Crippen LogP contribution in [0.3, 0.4) is 0 Å². The standard InChI is InChI=1S/C25H34BN4O4/c1-8-22(25(3,4)5)30(29-23(31)19-10-9-11-21(34-7)16(19)2)24(32)17-12-13-18(15-28-27-6)20(14-17)26-33/h9-15,22,27,33H,8H2,1-7H3,(H,29,31)/b28-15-/t22-/m1/s1. The third-order valence-corrected chi connectivity index (χ3v) is 5.69. The highest BCUT2D eigenvalue weighted by Gasteiger charge is 2.34. The lowest BCUT2D eigenvalue weighted by atomic mass is 9.82. The highest BCUT2D eigenvalue weighted by molar-refractivity contribution is 6.47. The number of hydrogen-bond acceptors (Lipinski definition) is 6. The van der Waals surface area contributed by atoms with Crippen LogP contribution in [0, 0.1) is 12.3 Å². The molecule has 2 aromatic rings. The Morgan fingerprint density at radius 3 is 2.53 bits per heavy atom. The van der Waals surface area contributed by atoms with Crippen molar-refractivity contribution in [2.24, 2.45) is 10.5 Å². The second-order valence-electron chi connectivity index (χ2n) is 8.99. The fourth-order valence-corrected chi connectivity index (χ4v) is 3.91. The number of benzene rings is 2. The normalized spacial score (nSPS) is 12.2. The minimum absolute atomic E-state index is 0.290. The maximum atomic E-state index is 13.7. The van der Waals surface area contributed by atoms with Gasteiger partial charge in [-0.1, -0.05) is 45.9 Å². The monoisotopic (exact) mass is 465 g/mol. The molecule has 0 heterocycles. The number of carbonyl (C=O) groups is 2. The van der Waals surface area contributed by atoms with Crippen molar-refractivity contribution in [1.29, 1.82) is 0 Å². The second kappa shape index (κ2) is 11.7. The van der Waals surface area contributed by atoms with Gasteiger partial charge in [-0.15, -0.1) is 0 Å². The van der Waals surface area contributed by atoms with Crippen LogP contribution in [0.15, 0.2) is 41.5 Å². The second-order valence-corrected chi connectivity index (χ2v) is 8.99. The molecule has 1 atom stereocenters. The molecule has 1 radical (unpaired) electrons. The maximum absolute atomic E-state index is 13.7. The van der Waals surface area contributed by atoms with E-state index in [0.29, 0.717) is 39.9 Å². The van der Waals surface area contributed by atoms with E-state index >= 15 is 0 Å². The van der Waals surface area contributed by atoms with Gasteiger partial charge in [0, 0.05) is 23.7 Å². The molecule has 2 aromatic carbocycles. The van der Waals surface area contributed by atoms with E-state index < -0.39 is 5.91 Å². The molecule has 0 spiro atoms. The fraction of sp³-hybridized carbons (Fsp3) is 0.400. The number of amides is 2.